The highest BCUT2D eigenvalue weighted by molar-refractivity contribution is 5.92. The van der Waals surface area contributed by atoms with Gasteiger partial charge in [0, 0.05) is 45.3 Å². The van der Waals surface area contributed by atoms with E-state index >= 15 is 0 Å². The number of hydrogen-bond donors (Lipinski definition) is 0. The fraction of sp³-hybridized carbons (Fsp3) is 0.737. The lowest BCUT2D eigenvalue weighted by Crippen LogP contribution is -2.50. The first-order chi connectivity index (χ1) is 12.5. The fourth-order valence-corrected chi connectivity index (χ4v) is 3.93. The Bertz CT molecular complexity index is 631. The van der Waals surface area contributed by atoms with Crippen LogP contribution in [-0.4, -0.2) is 82.9 Å². The van der Waals surface area contributed by atoms with Gasteiger partial charge in [0.25, 0.3) is 5.91 Å². The highest BCUT2D eigenvalue weighted by Crippen LogP contribution is 2.22. The van der Waals surface area contributed by atoms with Crippen LogP contribution in [-0.2, 0) is 17.8 Å². The van der Waals surface area contributed by atoms with Crippen LogP contribution in [0, 0.1) is 0 Å². The van der Waals surface area contributed by atoms with Crippen molar-refractivity contribution in [3.63, 3.8) is 0 Å². The van der Waals surface area contributed by atoms with E-state index in [1.54, 1.807) is 4.90 Å². The van der Waals surface area contributed by atoms with E-state index in [1.165, 1.54) is 0 Å². The largest absolute Gasteiger partial charge is 0.343 e. The summed E-state index contributed by atoms with van der Waals surface area (Å²) in [6, 6.07) is 0.0751. The number of hydrogen-bond acceptors (Lipinski definition) is 4. The molecule has 1 atom stereocenters. The van der Waals surface area contributed by atoms with E-state index in [9.17, 15) is 9.59 Å². The molecule has 2 amide bonds. The van der Waals surface area contributed by atoms with E-state index < -0.39 is 0 Å². The van der Waals surface area contributed by atoms with Gasteiger partial charge < -0.3 is 19.3 Å². The Morgan fingerprint density at radius 2 is 1.92 bits per heavy atom. The first-order valence-corrected chi connectivity index (χ1v) is 9.71. The third kappa shape index (κ3) is 4.26. The first kappa shape index (κ1) is 18.9. The topological polar surface area (TPSA) is 61.7 Å². The molecule has 1 saturated heterocycles. The Morgan fingerprint density at radius 3 is 2.65 bits per heavy atom. The van der Waals surface area contributed by atoms with Crippen LogP contribution in [0.4, 0.5) is 0 Å². The van der Waals surface area contributed by atoms with Crippen LogP contribution in [0.1, 0.15) is 48.4 Å². The van der Waals surface area contributed by atoms with Crippen molar-refractivity contribution in [2.45, 2.75) is 51.1 Å². The van der Waals surface area contributed by atoms with E-state index in [2.05, 4.69) is 9.55 Å². The Balaban J connectivity index is 1.69. The second-order valence-corrected chi connectivity index (χ2v) is 7.85. The lowest BCUT2D eigenvalue weighted by molar-refractivity contribution is -0.131. The van der Waals surface area contributed by atoms with Crippen molar-refractivity contribution in [2.24, 2.45) is 0 Å². The molecule has 0 spiro atoms. The Kier molecular flexibility index (Phi) is 5.96. The number of fused-ring (bicyclic) bond motifs is 1. The highest BCUT2D eigenvalue weighted by Gasteiger charge is 2.31. The predicted molar refractivity (Wildman–Crippen MR) is 100 cm³/mol. The normalized spacial score (nSPS) is 20.2. The molecule has 0 N–H and O–H groups in total. The van der Waals surface area contributed by atoms with Gasteiger partial charge in [-0.05, 0) is 46.2 Å². The monoisotopic (exact) mass is 361 g/mol. The lowest BCUT2D eigenvalue weighted by atomic mass is 10.0. The van der Waals surface area contributed by atoms with Gasteiger partial charge in [-0.25, -0.2) is 4.98 Å². The molecule has 0 saturated carbocycles. The summed E-state index contributed by atoms with van der Waals surface area (Å²) >= 11 is 0. The first-order valence-electron chi connectivity index (χ1n) is 9.71. The molecule has 2 aliphatic rings. The number of carbonyl (C=O) groups excluding carboxylic acids is 2. The zero-order chi connectivity index (χ0) is 18.7. The van der Waals surface area contributed by atoms with Crippen LogP contribution in [0.15, 0.2) is 6.20 Å². The maximum atomic E-state index is 13.1. The number of aromatic nitrogens is 2. The van der Waals surface area contributed by atoms with E-state index in [-0.39, 0.29) is 17.9 Å². The van der Waals surface area contributed by atoms with Crippen LogP contribution >= 0.6 is 0 Å². The summed E-state index contributed by atoms with van der Waals surface area (Å²) in [5.41, 5.74) is 0.566. The number of rotatable bonds is 5. The molecule has 0 aliphatic carbocycles. The quantitative estimate of drug-likeness (QED) is 0.792. The molecular formula is C19H31N5O2. The number of imidazole rings is 1. The van der Waals surface area contributed by atoms with Crippen molar-refractivity contribution in [1.29, 1.82) is 0 Å². The number of piperidine rings is 1. The molecule has 26 heavy (non-hydrogen) atoms. The van der Waals surface area contributed by atoms with Gasteiger partial charge in [0.15, 0.2) is 0 Å². The summed E-state index contributed by atoms with van der Waals surface area (Å²) in [4.78, 5) is 35.5. The van der Waals surface area contributed by atoms with Gasteiger partial charge in [0.2, 0.25) is 5.91 Å². The molecule has 1 fully saturated rings. The van der Waals surface area contributed by atoms with E-state index in [0.717, 1.165) is 57.4 Å². The molecule has 1 aromatic rings. The number of likely N-dealkylation sites (N-methyl/N-ethyl adjacent to an activating group) is 2. The second-order valence-electron chi connectivity index (χ2n) is 7.85. The minimum absolute atomic E-state index is 0.0186. The number of aryl methyl sites for hydroxylation is 2. The van der Waals surface area contributed by atoms with Gasteiger partial charge in [-0.1, -0.05) is 0 Å². The fourth-order valence-electron chi connectivity index (χ4n) is 3.93. The Morgan fingerprint density at radius 1 is 1.15 bits per heavy atom. The number of amides is 2. The van der Waals surface area contributed by atoms with Crippen LogP contribution in [0.25, 0.3) is 0 Å². The van der Waals surface area contributed by atoms with Gasteiger partial charge >= 0.3 is 0 Å². The molecule has 1 unspecified atom stereocenters. The molecule has 0 aromatic carbocycles. The maximum absolute atomic E-state index is 13.1. The smallest absolute Gasteiger partial charge is 0.274 e. The summed E-state index contributed by atoms with van der Waals surface area (Å²) in [7, 11) is 5.61. The summed E-state index contributed by atoms with van der Waals surface area (Å²) in [6.07, 6.45) is 8.24. The van der Waals surface area contributed by atoms with Crippen molar-refractivity contribution in [3.05, 3.63) is 17.7 Å². The van der Waals surface area contributed by atoms with Crippen LogP contribution in [0.3, 0.4) is 0 Å². The molecule has 3 heterocycles. The molecule has 2 aliphatic heterocycles. The minimum Gasteiger partial charge on any atom is -0.343 e. The molecular weight excluding hydrogens is 330 g/mol. The van der Waals surface area contributed by atoms with Crippen LogP contribution < -0.4 is 0 Å². The molecule has 0 radical (unpaired) electrons. The molecule has 1 aromatic heterocycles. The average molecular weight is 361 g/mol. The second kappa shape index (κ2) is 8.20. The standard InChI is InChI=1S/C19H31N5O2/c1-21(2)14-18(25)22(3)12-15-8-4-7-11-24(15)19(26)16-13-23-10-6-5-9-17(23)20-16/h13,15H,4-12,14H2,1-3H3. The van der Waals surface area contributed by atoms with Gasteiger partial charge in [-0.15, -0.1) is 0 Å². The molecule has 3 rings (SSSR count). The summed E-state index contributed by atoms with van der Waals surface area (Å²) in [6.45, 7) is 2.69. The summed E-state index contributed by atoms with van der Waals surface area (Å²) < 4.78 is 2.13. The van der Waals surface area contributed by atoms with Gasteiger partial charge in [-0.2, -0.15) is 0 Å². The van der Waals surface area contributed by atoms with Crippen molar-refractivity contribution in [3.8, 4) is 0 Å². The maximum Gasteiger partial charge on any atom is 0.274 e. The van der Waals surface area contributed by atoms with Crippen molar-refractivity contribution in [1.82, 2.24) is 24.3 Å². The van der Waals surface area contributed by atoms with Crippen LogP contribution in [0.2, 0.25) is 0 Å². The number of nitrogens with zero attached hydrogens (tertiary/aromatic N) is 5. The predicted octanol–water partition coefficient (Wildman–Crippen LogP) is 1.23. The van der Waals surface area contributed by atoms with Gasteiger partial charge in [0.05, 0.1) is 6.54 Å². The SMILES string of the molecule is CN(C)CC(=O)N(C)CC1CCCCN1C(=O)c1cn2c(n1)CCCC2. The van der Waals surface area contributed by atoms with E-state index in [4.69, 9.17) is 0 Å². The third-order valence-electron chi connectivity index (χ3n) is 5.38. The van der Waals surface area contributed by atoms with Crippen molar-refractivity contribution < 1.29 is 9.59 Å². The number of likely N-dealkylation sites (tertiary alicyclic amines) is 1. The van der Waals surface area contributed by atoms with E-state index in [1.807, 2.05) is 37.1 Å². The van der Waals surface area contributed by atoms with Gasteiger partial charge in [0.1, 0.15) is 11.5 Å². The number of carbonyl (C=O) groups is 2. The van der Waals surface area contributed by atoms with Gasteiger partial charge in [-0.3, -0.25) is 9.59 Å². The average Bonchev–Trinajstić information content (AvgIpc) is 3.05. The minimum atomic E-state index is 0.0186. The Labute approximate surface area is 156 Å². The molecule has 7 heteroatoms. The zero-order valence-electron chi connectivity index (χ0n) is 16.3. The van der Waals surface area contributed by atoms with Crippen molar-refractivity contribution >= 4 is 11.8 Å². The van der Waals surface area contributed by atoms with Crippen molar-refractivity contribution in [2.75, 3.05) is 40.8 Å². The zero-order valence-corrected chi connectivity index (χ0v) is 16.3. The third-order valence-corrected chi connectivity index (χ3v) is 5.38. The lowest BCUT2D eigenvalue weighted by Gasteiger charge is -2.37. The van der Waals surface area contributed by atoms with Crippen LogP contribution in [0.5, 0.6) is 0 Å². The highest BCUT2D eigenvalue weighted by atomic mass is 16.2. The summed E-state index contributed by atoms with van der Waals surface area (Å²) in [5, 5.41) is 0. The molecule has 144 valence electrons. The Hall–Kier alpha value is -1.89. The van der Waals surface area contributed by atoms with E-state index in [0.29, 0.717) is 18.8 Å². The molecule has 0 bridgehead atoms. The summed E-state index contributed by atoms with van der Waals surface area (Å²) in [5.74, 6) is 1.14. The molecule has 7 nitrogen and oxygen atoms in total.